The predicted molar refractivity (Wildman–Crippen MR) is 84.9 cm³/mol. The number of rotatable bonds is 4. The van der Waals surface area contributed by atoms with E-state index in [1.807, 2.05) is 24.3 Å². The molecule has 0 saturated carbocycles. The van der Waals surface area contributed by atoms with Gasteiger partial charge in [-0.05, 0) is 40.2 Å². The molecule has 0 aliphatic rings. The van der Waals surface area contributed by atoms with E-state index in [2.05, 4.69) is 20.9 Å². The highest BCUT2D eigenvalue weighted by molar-refractivity contribution is 9.11. The monoisotopic (exact) mass is 363 g/mol. The number of thiophene rings is 1. The molecule has 1 N–H and O–H groups in total. The highest BCUT2D eigenvalue weighted by Gasteiger charge is 2.15. The van der Waals surface area contributed by atoms with E-state index in [-0.39, 0.29) is 12.4 Å². The topological polar surface area (TPSA) is 59.2 Å². The normalized spacial score (nSPS) is 10.7. The summed E-state index contributed by atoms with van der Waals surface area (Å²) in [6, 6.07) is 12.8. The van der Waals surface area contributed by atoms with Crippen molar-refractivity contribution in [2.75, 3.05) is 6.61 Å². The lowest BCUT2D eigenvalue weighted by molar-refractivity contribution is 0.0471. The van der Waals surface area contributed by atoms with Gasteiger partial charge in [-0.3, -0.25) is 4.79 Å². The number of fused-ring (bicyclic) bond motifs is 1. The van der Waals surface area contributed by atoms with E-state index < -0.39 is 5.97 Å². The smallest absolute Gasteiger partial charge is 0.355 e. The van der Waals surface area contributed by atoms with Crippen LogP contribution in [0.25, 0.3) is 10.9 Å². The van der Waals surface area contributed by atoms with Crippen molar-refractivity contribution in [3.05, 3.63) is 56.8 Å². The molecule has 0 saturated heterocycles. The predicted octanol–water partition coefficient (Wildman–Crippen LogP) is 4.03. The fourth-order valence-corrected chi connectivity index (χ4v) is 3.24. The summed E-state index contributed by atoms with van der Waals surface area (Å²) < 4.78 is 5.92. The maximum absolute atomic E-state index is 11.9. The van der Waals surface area contributed by atoms with Gasteiger partial charge in [-0.2, -0.15) is 0 Å². The fraction of sp³-hybridized carbons (Fsp3) is 0.0667. The second-order valence-corrected chi connectivity index (χ2v) is 6.84. The molecule has 3 rings (SSSR count). The summed E-state index contributed by atoms with van der Waals surface area (Å²) in [6.07, 6.45) is 0. The highest BCUT2D eigenvalue weighted by atomic mass is 79.9. The van der Waals surface area contributed by atoms with Gasteiger partial charge in [0.25, 0.3) is 0 Å². The Kier molecular flexibility index (Phi) is 3.90. The number of nitrogens with one attached hydrogen (secondary N) is 1. The standard InChI is InChI=1S/C15H10BrNO3S/c16-14-6-5-13(21-14)12(18)8-20-15(19)11-7-9-3-1-2-4-10(9)17-11/h1-7,17H,8H2. The molecule has 106 valence electrons. The summed E-state index contributed by atoms with van der Waals surface area (Å²) in [5, 5.41) is 0.929. The number of halogens is 1. The summed E-state index contributed by atoms with van der Waals surface area (Å²) >= 11 is 4.61. The summed E-state index contributed by atoms with van der Waals surface area (Å²) in [5.41, 5.74) is 1.20. The average Bonchev–Trinajstić information content (AvgIpc) is 3.10. The zero-order valence-electron chi connectivity index (χ0n) is 10.8. The minimum atomic E-state index is -0.532. The van der Waals surface area contributed by atoms with E-state index in [0.29, 0.717) is 10.6 Å². The third-order valence-corrected chi connectivity index (χ3v) is 4.60. The number of H-pyrrole nitrogens is 1. The van der Waals surface area contributed by atoms with E-state index >= 15 is 0 Å². The van der Waals surface area contributed by atoms with Crippen LogP contribution >= 0.6 is 27.3 Å². The summed E-state index contributed by atoms with van der Waals surface area (Å²) in [7, 11) is 0. The first-order valence-corrected chi connectivity index (χ1v) is 7.78. The van der Waals surface area contributed by atoms with E-state index in [9.17, 15) is 9.59 Å². The molecular formula is C15H10BrNO3S. The molecule has 2 heterocycles. The summed E-state index contributed by atoms with van der Waals surface area (Å²) in [5.74, 6) is -0.745. The van der Waals surface area contributed by atoms with Gasteiger partial charge >= 0.3 is 5.97 Å². The van der Waals surface area contributed by atoms with Crippen LogP contribution in [0.3, 0.4) is 0 Å². The van der Waals surface area contributed by atoms with E-state index in [1.54, 1.807) is 18.2 Å². The van der Waals surface area contributed by atoms with Crippen molar-refractivity contribution in [3.8, 4) is 0 Å². The van der Waals surface area contributed by atoms with Crippen molar-refractivity contribution in [1.82, 2.24) is 4.98 Å². The molecule has 0 aliphatic carbocycles. The molecule has 0 atom stereocenters. The van der Waals surface area contributed by atoms with Crippen molar-refractivity contribution in [1.29, 1.82) is 0 Å². The molecular weight excluding hydrogens is 354 g/mol. The van der Waals surface area contributed by atoms with Crippen molar-refractivity contribution >= 4 is 49.9 Å². The first-order chi connectivity index (χ1) is 10.1. The number of Topliss-reactive ketones (excluding diaryl/α,β-unsaturated/α-hetero) is 1. The molecule has 2 aromatic heterocycles. The number of carbonyl (C=O) groups excluding carboxylic acids is 2. The third kappa shape index (κ3) is 3.06. The highest BCUT2D eigenvalue weighted by Crippen LogP contribution is 2.22. The van der Waals surface area contributed by atoms with Gasteiger partial charge in [0.15, 0.2) is 6.61 Å². The number of para-hydroxylation sites is 1. The minimum absolute atomic E-state index is 0.213. The number of carbonyl (C=O) groups is 2. The van der Waals surface area contributed by atoms with Gasteiger partial charge < -0.3 is 9.72 Å². The van der Waals surface area contributed by atoms with Crippen LogP contribution in [0.4, 0.5) is 0 Å². The largest absolute Gasteiger partial charge is 0.453 e. The Hall–Kier alpha value is -1.92. The molecule has 4 nitrogen and oxygen atoms in total. The Morgan fingerprint density at radius 1 is 1.19 bits per heavy atom. The molecule has 0 bridgehead atoms. The van der Waals surface area contributed by atoms with E-state index in [0.717, 1.165) is 14.7 Å². The summed E-state index contributed by atoms with van der Waals surface area (Å²) in [4.78, 5) is 27.3. The molecule has 21 heavy (non-hydrogen) atoms. The lowest BCUT2D eigenvalue weighted by atomic mass is 10.2. The van der Waals surface area contributed by atoms with Crippen LogP contribution in [0.5, 0.6) is 0 Å². The number of aromatic amines is 1. The van der Waals surface area contributed by atoms with Gasteiger partial charge in [-0.25, -0.2) is 4.79 Å². The Morgan fingerprint density at radius 3 is 2.71 bits per heavy atom. The Morgan fingerprint density at radius 2 is 2.00 bits per heavy atom. The third-order valence-electron chi connectivity index (χ3n) is 2.93. The van der Waals surface area contributed by atoms with Crippen LogP contribution in [0.15, 0.2) is 46.3 Å². The van der Waals surface area contributed by atoms with Crippen LogP contribution in [0, 0.1) is 0 Å². The Balaban J connectivity index is 1.67. The minimum Gasteiger partial charge on any atom is -0.453 e. The van der Waals surface area contributed by atoms with Crippen molar-refractivity contribution < 1.29 is 14.3 Å². The van der Waals surface area contributed by atoms with Crippen LogP contribution < -0.4 is 0 Å². The van der Waals surface area contributed by atoms with Gasteiger partial charge in [-0.1, -0.05) is 18.2 Å². The number of aromatic nitrogens is 1. The molecule has 3 aromatic rings. The van der Waals surface area contributed by atoms with Gasteiger partial charge in [-0.15, -0.1) is 11.3 Å². The molecule has 0 amide bonds. The van der Waals surface area contributed by atoms with Gasteiger partial charge in [0.1, 0.15) is 5.69 Å². The number of benzene rings is 1. The van der Waals surface area contributed by atoms with Gasteiger partial charge in [0.05, 0.1) is 8.66 Å². The molecule has 0 spiro atoms. The zero-order valence-corrected chi connectivity index (χ0v) is 13.2. The van der Waals surface area contributed by atoms with Gasteiger partial charge in [0.2, 0.25) is 5.78 Å². The fourth-order valence-electron chi connectivity index (χ4n) is 1.93. The lowest BCUT2D eigenvalue weighted by Crippen LogP contribution is -2.13. The molecule has 0 aliphatic heterocycles. The first kappa shape index (κ1) is 14.0. The second kappa shape index (κ2) is 5.83. The molecule has 0 fully saturated rings. The first-order valence-electron chi connectivity index (χ1n) is 6.17. The van der Waals surface area contributed by atoms with Gasteiger partial charge in [0, 0.05) is 10.9 Å². The number of ketones is 1. The second-order valence-electron chi connectivity index (χ2n) is 4.37. The number of hydrogen-bond acceptors (Lipinski definition) is 4. The SMILES string of the molecule is O=C(OCC(=O)c1ccc(Br)s1)c1cc2ccccc2[nH]1. The van der Waals surface area contributed by atoms with E-state index in [1.165, 1.54) is 11.3 Å². The molecule has 0 radical (unpaired) electrons. The van der Waals surface area contributed by atoms with Crippen LogP contribution in [-0.4, -0.2) is 23.3 Å². The van der Waals surface area contributed by atoms with Crippen molar-refractivity contribution in [3.63, 3.8) is 0 Å². The molecule has 1 aromatic carbocycles. The van der Waals surface area contributed by atoms with Crippen molar-refractivity contribution in [2.45, 2.75) is 0 Å². The lowest BCUT2D eigenvalue weighted by Gasteiger charge is -2.01. The summed E-state index contributed by atoms with van der Waals surface area (Å²) in [6.45, 7) is -0.263. The molecule has 6 heteroatoms. The van der Waals surface area contributed by atoms with E-state index in [4.69, 9.17) is 4.74 Å². The van der Waals surface area contributed by atoms with Crippen LogP contribution in [-0.2, 0) is 4.74 Å². The molecule has 0 unspecified atom stereocenters. The number of esters is 1. The Bertz CT molecular complexity index is 788. The number of hydrogen-bond donors (Lipinski definition) is 1. The average molecular weight is 364 g/mol. The number of ether oxygens (including phenoxy) is 1. The maximum atomic E-state index is 11.9. The quantitative estimate of drug-likeness (QED) is 0.562. The van der Waals surface area contributed by atoms with Crippen molar-refractivity contribution in [2.24, 2.45) is 0 Å². The Labute approximate surface area is 132 Å². The maximum Gasteiger partial charge on any atom is 0.355 e. The van der Waals surface area contributed by atoms with Crippen LogP contribution in [0.1, 0.15) is 20.2 Å². The zero-order chi connectivity index (χ0) is 14.8. The van der Waals surface area contributed by atoms with Crippen LogP contribution in [0.2, 0.25) is 0 Å².